The number of methoxy groups -OCH3 is 6. The first-order valence-electron chi connectivity index (χ1n) is 12.2. The molecule has 204 valence electrons. The van der Waals surface area contributed by atoms with Crippen molar-refractivity contribution in [3.63, 3.8) is 0 Å². The molecule has 2 aromatic carbocycles. The maximum atomic E-state index is 5.52. The fraction of sp³-hybridized carbons (Fsp3) is 0.267. The number of rotatable bonds is 11. The van der Waals surface area contributed by atoms with Crippen molar-refractivity contribution in [2.24, 2.45) is 0 Å². The third-order valence-corrected chi connectivity index (χ3v) is 6.35. The summed E-state index contributed by atoms with van der Waals surface area (Å²) in [5, 5.41) is 0. The van der Waals surface area contributed by atoms with Gasteiger partial charge in [-0.3, -0.25) is 9.97 Å². The molecule has 4 aromatic rings. The first-order chi connectivity index (χ1) is 19.0. The van der Waals surface area contributed by atoms with Crippen LogP contribution in [0.15, 0.2) is 60.9 Å². The van der Waals surface area contributed by atoms with Crippen molar-refractivity contribution in [3.05, 3.63) is 66.5 Å². The van der Waals surface area contributed by atoms with Crippen LogP contribution in [-0.2, 0) is 6.54 Å². The molecule has 2 heterocycles. The van der Waals surface area contributed by atoms with Crippen LogP contribution in [0, 0.1) is 0 Å². The van der Waals surface area contributed by atoms with Crippen LogP contribution in [0.1, 0.15) is 5.56 Å². The second-order valence-corrected chi connectivity index (χ2v) is 8.63. The van der Waals surface area contributed by atoms with Crippen molar-refractivity contribution in [1.29, 1.82) is 0 Å². The Labute approximate surface area is 228 Å². The predicted molar refractivity (Wildman–Crippen MR) is 151 cm³/mol. The molecule has 0 amide bonds. The van der Waals surface area contributed by atoms with E-state index in [0.29, 0.717) is 41.0 Å². The molecule has 0 bridgehead atoms. The van der Waals surface area contributed by atoms with Gasteiger partial charge in [0.1, 0.15) is 0 Å². The van der Waals surface area contributed by atoms with Crippen molar-refractivity contribution in [3.8, 4) is 57.0 Å². The smallest absolute Gasteiger partial charge is 0.203 e. The van der Waals surface area contributed by atoms with Gasteiger partial charge in [-0.1, -0.05) is 0 Å². The number of benzene rings is 2. The van der Waals surface area contributed by atoms with Crippen LogP contribution >= 0.6 is 0 Å². The molecule has 2 aromatic heterocycles. The summed E-state index contributed by atoms with van der Waals surface area (Å²) in [6.07, 6.45) is 3.59. The van der Waals surface area contributed by atoms with E-state index in [0.717, 1.165) is 33.8 Å². The summed E-state index contributed by atoms with van der Waals surface area (Å²) in [6.45, 7) is 0.651. The van der Waals surface area contributed by atoms with Crippen LogP contribution < -0.4 is 33.3 Å². The Hall–Kier alpha value is -4.66. The number of hydrogen-bond donors (Lipinski definition) is 0. The zero-order valence-corrected chi connectivity index (χ0v) is 23.3. The number of anilines is 1. The van der Waals surface area contributed by atoms with Gasteiger partial charge in [0.15, 0.2) is 23.0 Å². The third-order valence-electron chi connectivity index (χ3n) is 6.35. The van der Waals surface area contributed by atoms with Crippen molar-refractivity contribution < 1.29 is 28.4 Å². The summed E-state index contributed by atoms with van der Waals surface area (Å²) in [5.74, 6) is 3.38. The van der Waals surface area contributed by atoms with E-state index in [1.807, 2.05) is 49.5 Å². The number of nitrogens with zero attached hydrogens (tertiary/aromatic N) is 3. The van der Waals surface area contributed by atoms with Gasteiger partial charge in [0.2, 0.25) is 11.5 Å². The van der Waals surface area contributed by atoms with Crippen molar-refractivity contribution >= 4 is 5.69 Å². The van der Waals surface area contributed by atoms with Gasteiger partial charge in [0.05, 0.1) is 54.0 Å². The van der Waals surface area contributed by atoms with E-state index in [1.165, 1.54) is 0 Å². The monoisotopic (exact) mass is 531 g/mol. The van der Waals surface area contributed by atoms with E-state index >= 15 is 0 Å². The van der Waals surface area contributed by atoms with Gasteiger partial charge in [-0.25, -0.2) is 0 Å². The van der Waals surface area contributed by atoms with Gasteiger partial charge in [-0.15, -0.1) is 0 Å². The zero-order valence-electron chi connectivity index (χ0n) is 23.3. The summed E-state index contributed by atoms with van der Waals surface area (Å²) in [6, 6.07) is 15.6. The predicted octanol–water partition coefficient (Wildman–Crippen LogP) is 5.50. The summed E-state index contributed by atoms with van der Waals surface area (Å²) in [5.41, 5.74) is 5.39. The van der Waals surface area contributed by atoms with E-state index < -0.39 is 0 Å². The van der Waals surface area contributed by atoms with Crippen molar-refractivity contribution in [1.82, 2.24) is 9.97 Å². The Kier molecular flexibility index (Phi) is 8.60. The highest BCUT2D eigenvalue weighted by atomic mass is 16.5. The summed E-state index contributed by atoms with van der Waals surface area (Å²) in [4.78, 5) is 11.3. The molecule has 0 N–H and O–H groups in total. The quantitative estimate of drug-likeness (QED) is 0.249. The van der Waals surface area contributed by atoms with Crippen LogP contribution in [0.25, 0.3) is 22.5 Å². The van der Waals surface area contributed by atoms with Crippen LogP contribution in [0.3, 0.4) is 0 Å². The lowest BCUT2D eigenvalue weighted by Gasteiger charge is -2.21. The summed E-state index contributed by atoms with van der Waals surface area (Å²) in [7, 11) is 11.6. The molecule has 0 unspecified atom stereocenters. The number of pyridine rings is 2. The summed E-state index contributed by atoms with van der Waals surface area (Å²) < 4.78 is 33.0. The fourth-order valence-corrected chi connectivity index (χ4v) is 4.37. The van der Waals surface area contributed by atoms with Crippen LogP contribution in [0.4, 0.5) is 5.69 Å². The normalized spacial score (nSPS) is 10.5. The Balaban J connectivity index is 1.61. The minimum Gasteiger partial charge on any atom is -0.493 e. The van der Waals surface area contributed by atoms with E-state index in [4.69, 9.17) is 28.4 Å². The van der Waals surface area contributed by atoms with E-state index in [9.17, 15) is 0 Å². The molecule has 9 heteroatoms. The van der Waals surface area contributed by atoms with Gasteiger partial charge in [-0.2, -0.15) is 0 Å². The molecule has 0 aliphatic heterocycles. The number of hydrogen-bond acceptors (Lipinski definition) is 9. The average molecular weight is 532 g/mol. The van der Waals surface area contributed by atoms with Crippen LogP contribution in [0.5, 0.6) is 34.5 Å². The third kappa shape index (κ3) is 5.77. The van der Waals surface area contributed by atoms with E-state index in [2.05, 4.69) is 20.9 Å². The maximum Gasteiger partial charge on any atom is 0.203 e. The second kappa shape index (κ2) is 12.3. The molecule has 0 saturated heterocycles. The van der Waals surface area contributed by atoms with Crippen LogP contribution in [0.2, 0.25) is 0 Å². The van der Waals surface area contributed by atoms with Gasteiger partial charge >= 0.3 is 0 Å². The fourth-order valence-electron chi connectivity index (χ4n) is 4.37. The first kappa shape index (κ1) is 27.4. The standard InChI is InChI=1S/C30H33N3O6/c1-33(22-9-11-32-24(17-22)21-15-27(36-4)30(39-7)28(16-21)37-5)18-19-8-10-31-23(12-19)20-13-25(34-2)29(38-6)26(14-20)35-3/h8-17H,18H2,1-7H3. The minimum atomic E-state index is 0.539. The van der Waals surface area contributed by atoms with Crippen molar-refractivity contribution in [2.75, 3.05) is 54.6 Å². The minimum absolute atomic E-state index is 0.539. The molecule has 0 radical (unpaired) electrons. The summed E-state index contributed by atoms with van der Waals surface area (Å²) >= 11 is 0. The van der Waals surface area contributed by atoms with Crippen molar-refractivity contribution in [2.45, 2.75) is 6.54 Å². The average Bonchev–Trinajstić information content (AvgIpc) is 2.99. The molecular weight excluding hydrogens is 498 g/mol. The largest absolute Gasteiger partial charge is 0.493 e. The highest BCUT2D eigenvalue weighted by molar-refractivity contribution is 5.72. The highest BCUT2D eigenvalue weighted by Crippen LogP contribution is 2.42. The van der Waals surface area contributed by atoms with Gasteiger partial charge < -0.3 is 33.3 Å². The maximum absolute atomic E-state index is 5.52. The molecule has 39 heavy (non-hydrogen) atoms. The molecule has 0 spiro atoms. The molecule has 0 aliphatic rings. The van der Waals surface area contributed by atoms with Gasteiger partial charge in [-0.05, 0) is 54.1 Å². The number of ether oxygens (including phenoxy) is 6. The lowest BCUT2D eigenvalue weighted by Crippen LogP contribution is -2.16. The molecule has 0 atom stereocenters. The lowest BCUT2D eigenvalue weighted by molar-refractivity contribution is 0.324. The highest BCUT2D eigenvalue weighted by Gasteiger charge is 2.17. The van der Waals surface area contributed by atoms with E-state index in [-0.39, 0.29) is 0 Å². The topological polar surface area (TPSA) is 84.4 Å². The molecule has 4 rings (SSSR count). The number of aromatic nitrogens is 2. The van der Waals surface area contributed by atoms with E-state index in [1.54, 1.807) is 55.1 Å². The molecule has 0 fully saturated rings. The molecule has 0 aliphatic carbocycles. The Morgan fingerprint density at radius 1 is 0.564 bits per heavy atom. The SMILES string of the molecule is COc1cc(-c2cc(CN(C)c3ccnc(-c4cc(OC)c(OC)c(OC)c4)c3)ccn2)cc(OC)c1OC. The lowest BCUT2D eigenvalue weighted by atomic mass is 10.1. The molecule has 9 nitrogen and oxygen atoms in total. The zero-order chi connectivity index (χ0) is 27.9. The molecule has 0 saturated carbocycles. The first-order valence-corrected chi connectivity index (χ1v) is 12.2. The second-order valence-electron chi connectivity index (χ2n) is 8.63. The Morgan fingerprint density at radius 3 is 1.44 bits per heavy atom. The van der Waals surface area contributed by atoms with Gasteiger partial charge in [0, 0.05) is 42.8 Å². The molecular formula is C30H33N3O6. The van der Waals surface area contributed by atoms with Crippen LogP contribution in [-0.4, -0.2) is 59.7 Å². The Morgan fingerprint density at radius 2 is 1.00 bits per heavy atom. The Bertz CT molecular complexity index is 1390. The van der Waals surface area contributed by atoms with Gasteiger partial charge in [0.25, 0.3) is 0 Å².